The zero-order chi connectivity index (χ0) is 15.2. The predicted octanol–water partition coefficient (Wildman–Crippen LogP) is 4.49. The van der Waals surface area contributed by atoms with Crippen LogP contribution in [-0.4, -0.2) is 16.1 Å². The minimum atomic E-state index is 0.161. The van der Waals surface area contributed by atoms with E-state index in [1.54, 1.807) is 6.07 Å². The lowest BCUT2D eigenvalue weighted by Crippen LogP contribution is -2.25. The Morgan fingerprint density at radius 2 is 1.90 bits per heavy atom. The molecule has 0 aliphatic heterocycles. The van der Waals surface area contributed by atoms with Crippen molar-refractivity contribution in [3.05, 3.63) is 52.0 Å². The Hall–Kier alpha value is -1.03. The van der Waals surface area contributed by atoms with Crippen molar-refractivity contribution >= 4 is 23.2 Å². The molecular formula is C16H21Cl2N3. The number of halogens is 2. The van der Waals surface area contributed by atoms with Gasteiger partial charge in [-0.3, -0.25) is 0 Å². The summed E-state index contributed by atoms with van der Waals surface area (Å²) in [6, 6.07) is 5.87. The second-order valence-electron chi connectivity index (χ2n) is 5.04. The normalized spacial score (nSPS) is 12.6. The number of aryl methyl sites for hydroxylation is 1. The number of aromatic nitrogens is 2. The molecule has 1 aromatic carbocycles. The molecular weight excluding hydrogens is 305 g/mol. The van der Waals surface area contributed by atoms with Gasteiger partial charge in [0.2, 0.25) is 0 Å². The molecule has 0 amide bonds. The molecule has 1 atom stereocenters. The lowest BCUT2D eigenvalue weighted by atomic mass is 10.0. The topological polar surface area (TPSA) is 29.9 Å². The van der Waals surface area contributed by atoms with E-state index in [2.05, 4.69) is 28.7 Å². The molecule has 21 heavy (non-hydrogen) atoms. The van der Waals surface area contributed by atoms with Crippen molar-refractivity contribution in [1.82, 2.24) is 14.9 Å². The van der Waals surface area contributed by atoms with Gasteiger partial charge in [-0.15, -0.1) is 0 Å². The number of nitrogens with zero attached hydrogens (tertiary/aromatic N) is 2. The van der Waals surface area contributed by atoms with Crippen molar-refractivity contribution in [1.29, 1.82) is 0 Å². The third-order valence-corrected chi connectivity index (χ3v) is 3.89. The van der Waals surface area contributed by atoms with Crippen molar-refractivity contribution in [3.63, 3.8) is 0 Å². The van der Waals surface area contributed by atoms with Crippen LogP contribution in [0.15, 0.2) is 30.6 Å². The molecule has 0 aliphatic rings. The average molecular weight is 326 g/mol. The number of nitrogens with one attached hydrogen (secondary N) is 1. The number of hydrogen-bond donors (Lipinski definition) is 1. The van der Waals surface area contributed by atoms with Gasteiger partial charge in [0, 0.05) is 41.4 Å². The highest BCUT2D eigenvalue weighted by Gasteiger charge is 2.15. The van der Waals surface area contributed by atoms with Gasteiger partial charge >= 0.3 is 0 Å². The summed E-state index contributed by atoms with van der Waals surface area (Å²) < 4.78 is 2.16. The molecule has 0 saturated heterocycles. The van der Waals surface area contributed by atoms with E-state index in [1.807, 2.05) is 24.5 Å². The summed E-state index contributed by atoms with van der Waals surface area (Å²) in [4.78, 5) is 4.46. The molecule has 0 spiro atoms. The standard InChI is InChI=1S/C16H21Cl2N3/c1-3-5-19-15(11-16-20-6-7-21(16)4-2)12-8-13(17)10-14(18)9-12/h6-10,15,19H,3-5,11H2,1-2H3. The first kappa shape index (κ1) is 16.3. The second kappa shape index (κ2) is 7.83. The van der Waals surface area contributed by atoms with Gasteiger partial charge in [-0.2, -0.15) is 0 Å². The van der Waals surface area contributed by atoms with Gasteiger partial charge in [0.05, 0.1) is 0 Å². The fourth-order valence-corrected chi connectivity index (χ4v) is 2.95. The van der Waals surface area contributed by atoms with Crippen LogP contribution in [0.2, 0.25) is 10.0 Å². The molecule has 2 rings (SSSR count). The Morgan fingerprint density at radius 3 is 2.52 bits per heavy atom. The van der Waals surface area contributed by atoms with Crippen LogP contribution in [0.5, 0.6) is 0 Å². The highest BCUT2D eigenvalue weighted by Crippen LogP contribution is 2.25. The first-order valence-corrected chi connectivity index (χ1v) is 8.09. The van der Waals surface area contributed by atoms with Crippen molar-refractivity contribution in [2.45, 2.75) is 39.3 Å². The SMILES string of the molecule is CCCNC(Cc1nccn1CC)c1cc(Cl)cc(Cl)c1. The lowest BCUT2D eigenvalue weighted by molar-refractivity contribution is 0.506. The smallest absolute Gasteiger partial charge is 0.110 e. The Labute approximate surface area is 136 Å². The maximum absolute atomic E-state index is 6.14. The monoisotopic (exact) mass is 325 g/mol. The quantitative estimate of drug-likeness (QED) is 0.812. The number of imidazole rings is 1. The maximum atomic E-state index is 6.14. The van der Waals surface area contributed by atoms with E-state index in [-0.39, 0.29) is 6.04 Å². The second-order valence-corrected chi connectivity index (χ2v) is 5.92. The van der Waals surface area contributed by atoms with E-state index in [4.69, 9.17) is 23.2 Å². The summed E-state index contributed by atoms with van der Waals surface area (Å²) in [5, 5.41) is 4.89. The molecule has 0 aliphatic carbocycles. The molecule has 0 bridgehead atoms. The van der Waals surface area contributed by atoms with Crippen LogP contribution in [0.25, 0.3) is 0 Å². The molecule has 2 aromatic rings. The summed E-state index contributed by atoms with van der Waals surface area (Å²) >= 11 is 12.3. The third-order valence-electron chi connectivity index (χ3n) is 3.46. The van der Waals surface area contributed by atoms with Crippen molar-refractivity contribution in [3.8, 4) is 0 Å². The molecule has 3 nitrogen and oxygen atoms in total. The van der Waals surface area contributed by atoms with Crippen molar-refractivity contribution in [2.75, 3.05) is 6.54 Å². The minimum Gasteiger partial charge on any atom is -0.335 e. The zero-order valence-electron chi connectivity index (χ0n) is 12.4. The van der Waals surface area contributed by atoms with Crippen molar-refractivity contribution < 1.29 is 0 Å². The first-order valence-electron chi connectivity index (χ1n) is 7.33. The van der Waals surface area contributed by atoms with E-state index in [0.29, 0.717) is 10.0 Å². The van der Waals surface area contributed by atoms with E-state index in [9.17, 15) is 0 Å². The Morgan fingerprint density at radius 1 is 1.19 bits per heavy atom. The average Bonchev–Trinajstić information content (AvgIpc) is 2.89. The van der Waals surface area contributed by atoms with Gasteiger partial charge in [-0.25, -0.2) is 4.98 Å². The number of hydrogen-bond acceptors (Lipinski definition) is 2. The number of benzene rings is 1. The van der Waals surface area contributed by atoms with Gasteiger partial charge in [-0.05, 0) is 43.7 Å². The zero-order valence-corrected chi connectivity index (χ0v) is 14.0. The molecule has 0 radical (unpaired) electrons. The molecule has 114 valence electrons. The van der Waals surface area contributed by atoms with Crippen LogP contribution >= 0.6 is 23.2 Å². The van der Waals surface area contributed by atoms with Crippen LogP contribution in [-0.2, 0) is 13.0 Å². The van der Waals surface area contributed by atoms with Gasteiger partial charge in [0.25, 0.3) is 0 Å². The summed E-state index contributed by atoms with van der Waals surface area (Å²) in [7, 11) is 0. The van der Waals surface area contributed by atoms with Crippen molar-refractivity contribution in [2.24, 2.45) is 0 Å². The molecule has 1 unspecified atom stereocenters. The van der Waals surface area contributed by atoms with Crippen LogP contribution in [0.4, 0.5) is 0 Å². The summed E-state index contributed by atoms with van der Waals surface area (Å²) in [5.41, 5.74) is 1.10. The Bertz CT molecular complexity index is 560. The van der Waals surface area contributed by atoms with Gasteiger partial charge < -0.3 is 9.88 Å². The summed E-state index contributed by atoms with van der Waals surface area (Å²) in [6.45, 7) is 6.14. The van der Waals surface area contributed by atoms with E-state index in [1.165, 1.54) is 0 Å². The lowest BCUT2D eigenvalue weighted by Gasteiger charge is -2.20. The minimum absolute atomic E-state index is 0.161. The maximum Gasteiger partial charge on any atom is 0.110 e. The fraction of sp³-hybridized carbons (Fsp3) is 0.438. The fourth-order valence-electron chi connectivity index (χ4n) is 2.40. The number of rotatable bonds is 7. The van der Waals surface area contributed by atoms with E-state index in [0.717, 1.165) is 37.3 Å². The molecule has 0 saturated carbocycles. The van der Waals surface area contributed by atoms with Gasteiger partial charge in [0.1, 0.15) is 5.82 Å². The van der Waals surface area contributed by atoms with E-state index < -0.39 is 0 Å². The highest BCUT2D eigenvalue weighted by molar-refractivity contribution is 6.34. The largest absolute Gasteiger partial charge is 0.335 e. The molecule has 1 N–H and O–H groups in total. The first-order chi connectivity index (χ1) is 10.1. The van der Waals surface area contributed by atoms with Crippen LogP contribution < -0.4 is 5.32 Å². The molecule has 5 heteroatoms. The predicted molar refractivity (Wildman–Crippen MR) is 89.1 cm³/mol. The third kappa shape index (κ3) is 4.47. The highest BCUT2D eigenvalue weighted by atomic mass is 35.5. The Balaban J connectivity index is 2.25. The van der Waals surface area contributed by atoms with Crippen LogP contribution in [0, 0.1) is 0 Å². The summed E-state index contributed by atoms with van der Waals surface area (Å²) in [5.74, 6) is 1.07. The van der Waals surface area contributed by atoms with Crippen LogP contribution in [0.1, 0.15) is 37.7 Å². The summed E-state index contributed by atoms with van der Waals surface area (Å²) in [6.07, 6.45) is 5.75. The Kier molecular flexibility index (Phi) is 6.09. The molecule has 0 fully saturated rings. The van der Waals surface area contributed by atoms with E-state index >= 15 is 0 Å². The van der Waals surface area contributed by atoms with Crippen LogP contribution in [0.3, 0.4) is 0 Å². The van der Waals surface area contributed by atoms with Gasteiger partial charge in [0.15, 0.2) is 0 Å². The molecule has 1 aromatic heterocycles. The molecule has 1 heterocycles. The van der Waals surface area contributed by atoms with Gasteiger partial charge in [-0.1, -0.05) is 30.1 Å².